The molecule has 0 aliphatic carbocycles. The van der Waals surface area contributed by atoms with Crippen molar-refractivity contribution >= 4 is 22.1 Å². The Morgan fingerprint density at radius 2 is 1.81 bits per heavy atom. The van der Waals surface area contributed by atoms with Crippen LogP contribution in [0.3, 0.4) is 0 Å². The van der Waals surface area contributed by atoms with Crippen molar-refractivity contribution < 1.29 is 0 Å². The zero-order valence-electron chi connectivity index (χ0n) is 14.3. The van der Waals surface area contributed by atoms with Crippen LogP contribution in [0.1, 0.15) is 6.92 Å². The van der Waals surface area contributed by atoms with Gasteiger partial charge in [-0.2, -0.15) is 5.10 Å². The largest absolute Gasteiger partial charge is 0.349 e. The number of aromatic nitrogens is 4. The molecular formula is C20H17N5O. The minimum Gasteiger partial charge on any atom is -0.349 e. The first kappa shape index (κ1) is 16.0. The van der Waals surface area contributed by atoms with Crippen LogP contribution in [0.2, 0.25) is 0 Å². The minimum atomic E-state index is -0.168. The molecule has 26 heavy (non-hydrogen) atoms. The molecule has 0 bridgehead atoms. The Labute approximate surface area is 150 Å². The van der Waals surface area contributed by atoms with Gasteiger partial charge in [0.2, 0.25) is 0 Å². The van der Waals surface area contributed by atoms with E-state index in [9.17, 15) is 4.79 Å². The van der Waals surface area contributed by atoms with Crippen molar-refractivity contribution in [1.29, 1.82) is 0 Å². The molecule has 0 fully saturated rings. The van der Waals surface area contributed by atoms with Gasteiger partial charge in [-0.05, 0) is 25.1 Å². The molecule has 6 heteroatoms. The van der Waals surface area contributed by atoms with Crippen molar-refractivity contribution in [3.8, 4) is 11.3 Å². The second-order valence-electron chi connectivity index (χ2n) is 5.83. The lowest BCUT2D eigenvalue weighted by molar-refractivity contribution is 0.621. The first-order chi connectivity index (χ1) is 12.8. The SMILES string of the molecule is CCn1nc(-c2ccncc2)cc(Nc2cncc3ccccc23)c1=O. The van der Waals surface area contributed by atoms with E-state index in [1.54, 1.807) is 30.9 Å². The van der Waals surface area contributed by atoms with Crippen LogP contribution in [0.15, 0.2) is 72.0 Å². The molecule has 0 unspecified atom stereocenters. The Morgan fingerprint density at radius 3 is 2.62 bits per heavy atom. The molecule has 0 spiro atoms. The van der Waals surface area contributed by atoms with Gasteiger partial charge in [0, 0.05) is 41.5 Å². The number of rotatable bonds is 4. The molecule has 0 saturated carbocycles. The first-order valence-electron chi connectivity index (χ1n) is 8.38. The van der Waals surface area contributed by atoms with E-state index >= 15 is 0 Å². The van der Waals surface area contributed by atoms with Crippen LogP contribution in [0.4, 0.5) is 11.4 Å². The number of benzene rings is 1. The van der Waals surface area contributed by atoms with Gasteiger partial charge in [-0.15, -0.1) is 0 Å². The third-order valence-electron chi connectivity index (χ3n) is 4.19. The predicted octanol–water partition coefficient (Wildman–Crippen LogP) is 3.62. The monoisotopic (exact) mass is 343 g/mol. The minimum absolute atomic E-state index is 0.168. The van der Waals surface area contributed by atoms with Crippen molar-refractivity contribution in [3.05, 3.63) is 77.6 Å². The Kier molecular flexibility index (Phi) is 4.15. The van der Waals surface area contributed by atoms with Gasteiger partial charge in [-0.3, -0.25) is 14.8 Å². The molecule has 128 valence electrons. The zero-order valence-corrected chi connectivity index (χ0v) is 14.3. The molecule has 0 atom stereocenters. The molecule has 1 aromatic carbocycles. The van der Waals surface area contributed by atoms with Gasteiger partial charge >= 0.3 is 0 Å². The third kappa shape index (κ3) is 2.93. The lowest BCUT2D eigenvalue weighted by atomic mass is 10.1. The number of nitrogens with one attached hydrogen (secondary N) is 1. The van der Waals surface area contributed by atoms with Crippen LogP contribution in [0.5, 0.6) is 0 Å². The Balaban J connectivity index is 1.84. The highest BCUT2D eigenvalue weighted by Gasteiger charge is 2.11. The Morgan fingerprint density at radius 1 is 1.00 bits per heavy atom. The van der Waals surface area contributed by atoms with Crippen LogP contribution < -0.4 is 10.9 Å². The maximum atomic E-state index is 12.7. The molecule has 4 rings (SSSR count). The summed E-state index contributed by atoms with van der Waals surface area (Å²) in [6.45, 7) is 2.38. The maximum Gasteiger partial charge on any atom is 0.290 e. The number of aryl methyl sites for hydroxylation is 1. The summed E-state index contributed by atoms with van der Waals surface area (Å²) >= 11 is 0. The van der Waals surface area contributed by atoms with Crippen LogP contribution >= 0.6 is 0 Å². The molecule has 0 aliphatic rings. The number of nitrogens with zero attached hydrogens (tertiary/aromatic N) is 4. The van der Waals surface area contributed by atoms with Crippen molar-refractivity contribution in [2.24, 2.45) is 0 Å². The molecule has 4 aromatic rings. The van der Waals surface area contributed by atoms with Gasteiger partial charge in [0.1, 0.15) is 5.69 Å². The first-order valence-corrected chi connectivity index (χ1v) is 8.38. The van der Waals surface area contributed by atoms with Crippen LogP contribution in [0.25, 0.3) is 22.0 Å². The standard InChI is InChI=1S/C20H17N5O/c1-2-25-20(26)18(11-17(24-25)14-7-9-21-10-8-14)23-19-13-22-12-15-5-3-4-6-16(15)19/h3-13,23H,2H2,1H3. The van der Waals surface area contributed by atoms with E-state index in [0.717, 1.165) is 22.0 Å². The fraction of sp³-hybridized carbons (Fsp3) is 0.100. The fourth-order valence-electron chi connectivity index (χ4n) is 2.87. The summed E-state index contributed by atoms with van der Waals surface area (Å²) < 4.78 is 1.46. The highest BCUT2D eigenvalue weighted by atomic mass is 16.1. The number of hydrogen-bond acceptors (Lipinski definition) is 5. The number of anilines is 2. The van der Waals surface area contributed by atoms with E-state index in [4.69, 9.17) is 0 Å². The van der Waals surface area contributed by atoms with E-state index in [1.807, 2.05) is 43.3 Å². The van der Waals surface area contributed by atoms with Gasteiger partial charge in [0.25, 0.3) is 5.56 Å². The van der Waals surface area contributed by atoms with E-state index < -0.39 is 0 Å². The quantitative estimate of drug-likeness (QED) is 0.613. The molecule has 3 aromatic heterocycles. The molecule has 0 saturated heterocycles. The van der Waals surface area contributed by atoms with Crippen molar-refractivity contribution in [1.82, 2.24) is 19.7 Å². The van der Waals surface area contributed by atoms with Gasteiger partial charge in [-0.25, -0.2) is 4.68 Å². The number of pyridine rings is 2. The van der Waals surface area contributed by atoms with E-state index in [-0.39, 0.29) is 5.56 Å². The third-order valence-corrected chi connectivity index (χ3v) is 4.19. The Bertz CT molecular complexity index is 1120. The van der Waals surface area contributed by atoms with Crippen LogP contribution in [0, 0.1) is 0 Å². The average molecular weight is 343 g/mol. The summed E-state index contributed by atoms with van der Waals surface area (Å²) in [7, 11) is 0. The Hall–Kier alpha value is -3.54. The number of hydrogen-bond donors (Lipinski definition) is 1. The molecule has 3 heterocycles. The van der Waals surface area contributed by atoms with Gasteiger partial charge in [0.05, 0.1) is 17.6 Å². The molecule has 0 radical (unpaired) electrons. The van der Waals surface area contributed by atoms with E-state index in [1.165, 1.54) is 4.68 Å². The van der Waals surface area contributed by atoms with Crippen molar-refractivity contribution in [2.75, 3.05) is 5.32 Å². The van der Waals surface area contributed by atoms with Crippen molar-refractivity contribution in [2.45, 2.75) is 13.5 Å². The second kappa shape index (κ2) is 6.76. The average Bonchev–Trinajstić information content (AvgIpc) is 2.70. The lowest BCUT2D eigenvalue weighted by Gasteiger charge is -2.12. The molecule has 0 amide bonds. The highest BCUT2D eigenvalue weighted by molar-refractivity contribution is 5.94. The summed E-state index contributed by atoms with van der Waals surface area (Å²) in [6, 6.07) is 13.4. The smallest absolute Gasteiger partial charge is 0.290 e. The molecule has 1 N–H and O–H groups in total. The highest BCUT2D eigenvalue weighted by Crippen LogP contribution is 2.25. The summed E-state index contributed by atoms with van der Waals surface area (Å²) in [6.07, 6.45) is 6.95. The van der Waals surface area contributed by atoms with Gasteiger partial charge in [-0.1, -0.05) is 24.3 Å². The van der Waals surface area contributed by atoms with E-state index in [0.29, 0.717) is 17.9 Å². The summed E-state index contributed by atoms with van der Waals surface area (Å²) in [4.78, 5) is 21.0. The summed E-state index contributed by atoms with van der Waals surface area (Å²) in [5.41, 5.74) is 2.70. The topological polar surface area (TPSA) is 72.7 Å². The van der Waals surface area contributed by atoms with Crippen molar-refractivity contribution in [3.63, 3.8) is 0 Å². The number of fused-ring (bicyclic) bond motifs is 1. The van der Waals surface area contributed by atoms with Gasteiger partial charge in [0.15, 0.2) is 0 Å². The van der Waals surface area contributed by atoms with Crippen LogP contribution in [-0.4, -0.2) is 19.7 Å². The summed E-state index contributed by atoms with van der Waals surface area (Å²) in [5.74, 6) is 0. The van der Waals surface area contributed by atoms with Crippen LogP contribution in [-0.2, 0) is 6.54 Å². The maximum absolute atomic E-state index is 12.7. The predicted molar refractivity (Wildman–Crippen MR) is 102 cm³/mol. The fourth-order valence-corrected chi connectivity index (χ4v) is 2.87. The second-order valence-corrected chi connectivity index (χ2v) is 5.83. The normalized spacial score (nSPS) is 10.8. The van der Waals surface area contributed by atoms with E-state index in [2.05, 4.69) is 20.4 Å². The molecule has 0 aliphatic heterocycles. The molecule has 6 nitrogen and oxygen atoms in total. The van der Waals surface area contributed by atoms with Gasteiger partial charge < -0.3 is 5.32 Å². The summed E-state index contributed by atoms with van der Waals surface area (Å²) in [5, 5.41) is 9.71. The lowest BCUT2D eigenvalue weighted by Crippen LogP contribution is -2.24. The zero-order chi connectivity index (χ0) is 17.9. The molecular weight excluding hydrogens is 326 g/mol.